The van der Waals surface area contributed by atoms with Gasteiger partial charge in [-0.25, -0.2) is 4.79 Å². The van der Waals surface area contributed by atoms with Crippen molar-refractivity contribution in [2.24, 2.45) is 0 Å². The van der Waals surface area contributed by atoms with Crippen LogP contribution in [-0.2, 0) is 11.1 Å². The second-order valence-corrected chi connectivity index (χ2v) is 7.54. The topological polar surface area (TPSA) is 44.0 Å². The van der Waals surface area contributed by atoms with Crippen LogP contribution in [0.25, 0.3) is 11.1 Å². The van der Waals surface area contributed by atoms with Crippen molar-refractivity contribution in [3.63, 3.8) is 0 Å². The van der Waals surface area contributed by atoms with Gasteiger partial charge in [0.05, 0.1) is 5.56 Å². The standard InChI is InChI=1S/C18H24N2O2/c1-17(2,3)19-12-14(13-10-8-7-9-11-13)15(21)20(16(19)22)18(4,5)6/h7-12H,1-6H3. The van der Waals surface area contributed by atoms with E-state index in [4.69, 9.17) is 0 Å². The first-order valence-electron chi connectivity index (χ1n) is 7.48. The molecular weight excluding hydrogens is 276 g/mol. The summed E-state index contributed by atoms with van der Waals surface area (Å²) in [6, 6.07) is 9.47. The fourth-order valence-corrected chi connectivity index (χ4v) is 2.44. The first kappa shape index (κ1) is 16.3. The average Bonchev–Trinajstić information content (AvgIpc) is 2.36. The molecule has 0 aliphatic carbocycles. The van der Waals surface area contributed by atoms with Crippen molar-refractivity contribution >= 4 is 0 Å². The molecule has 0 bridgehead atoms. The minimum atomic E-state index is -0.577. The maximum absolute atomic E-state index is 12.9. The monoisotopic (exact) mass is 300 g/mol. The van der Waals surface area contributed by atoms with Gasteiger partial charge in [0.1, 0.15) is 0 Å². The molecule has 0 aliphatic heterocycles. The predicted molar refractivity (Wildman–Crippen MR) is 90.4 cm³/mol. The molecule has 1 heterocycles. The molecule has 0 unspecified atom stereocenters. The SMILES string of the molecule is CC(C)(C)n1cc(-c2ccccc2)c(=O)n(C(C)(C)C)c1=O. The van der Waals surface area contributed by atoms with E-state index in [-0.39, 0.29) is 11.2 Å². The Morgan fingerprint density at radius 1 is 0.818 bits per heavy atom. The molecule has 0 saturated heterocycles. The molecule has 22 heavy (non-hydrogen) atoms. The number of rotatable bonds is 1. The lowest BCUT2D eigenvalue weighted by Crippen LogP contribution is -2.51. The van der Waals surface area contributed by atoms with Crippen LogP contribution >= 0.6 is 0 Å². The average molecular weight is 300 g/mol. The lowest BCUT2D eigenvalue weighted by atomic mass is 10.0. The Labute approximate surface area is 131 Å². The summed E-state index contributed by atoms with van der Waals surface area (Å²) >= 11 is 0. The Morgan fingerprint density at radius 3 is 1.82 bits per heavy atom. The summed E-state index contributed by atoms with van der Waals surface area (Å²) in [5.74, 6) is 0. The Hall–Kier alpha value is -2.10. The zero-order chi connectivity index (χ0) is 16.7. The van der Waals surface area contributed by atoms with E-state index in [1.54, 1.807) is 10.8 Å². The van der Waals surface area contributed by atoms with Gasteiger partial charge in [-0.2, -0.15) is 0 Å². The first-order valence-corrected chi connectivity index (χ1v) is 7.48. The third-order valence-corrected chi connectivity index (χ3v) is 3.57. The molecule has 2 rings (SSSR count). The normalized spacial score (nSPS) is 12.5. The molecule has 0 N–H and O–H groups in total. The number of benzene rings is 1. The van der Waals surface area contributed by atoms with Crippen LogP contribution in [0, 0.1) is 0 Å². The van der Waals surface area contributed by atoms with Crippen LogP contribution < -0.4 is 11.2 Å². The van der Waals surface area contributed by atoms with E-state index >= 15 is 0 Å². The summed E-state index contributed by atoms with van der Waals surface area (Å²) in [5, 5.41) is 0. The van der Waals surface area contributed by atoms with Crippen LogP contribution in [0.1, 0.15) is 41.5 Å². The van der Waals surface area contributed by atoms with Crippen LogP contribution in [0.5, 0.6) is 0 Å². The molecule has 118 valence electrons. The third-order valence-electron chi connectivity index (χ3n) is 3.57. The molecule has 0 saturated carbocycles. The fourth-order valence-electron chi connectivity index (χ4n) is 2.44. The summed E-state index contributed by atoms with van der Waals surface area (Å²) in [6.45, 7) is 11.5. The van der Waals surface area contributed by atoms with Gasteiger partial charge in [-0.3, -0.25) is 13.9 Å². The summed E-state index contributed by atoms with van der Waals surface area (Å²) in [4.78, 5) is 25.7. The molecule has 2 aromatic rings. The van der Waals surface area contributed by atoms with Gasteiger partial charge in [0.25, 0.3) is 5.56 Å². The molecule has 4 nitrogen and oxygen atoms in total. The first-order chi connectivity index (χ1) is 10.0. The molecule has 0 spiro atoms. The van der Waals surface area contributed by atoms with Crippen LogP contribution in [0.3, 0.4) is 0 Å². The highest BCUT2D eigenvalue weighted by Gasteiger charge is 2.26. The zero-order valence-electron chi connectivity index (χ0n) is 14.2. The molecular formula is C18H24N2O2. The summed E-state index contributed by atoms with van der Waals surface area (Å²) in [6.07, 6.45) is 1.68. The maximum atomic E-state index is 12.9. The molecule has 0 fully saturated rings. The molecule has 1 aromatic heterocycles. The van der Waals surface area contributed by atoms with Crippen molar-refractivity contribution < 1.29 is 0 Å². The quantitative estimate of drug-likeness (QED) is 0.812. The predicted octanol–water partition coefficient (Wildman–Crippen LogP) is 3.19. The number of hydrogen-bond donors (Lipinski definition) is 0. The minimum Gasteiger partial charge on any atom is -0.295 e. The number of nitrogens with zero attached hydrogens (tertiary/aromatic N) is 2. The van der Waals surface area contributed by atoms with E-state index in [2.05, 4.69) is 0 Å². The zero-order valence-corrected chi connectivity index (χ0v) is 14.2. The van der Waals surface area contributed by atoms with E-state index in [0.29, 0.717) is 5.56 Å². The van der Waals surface area contributed by atoms with Crippen LogP contribution in [0.2, 0.25) is 0 Å². The highest BCUT2D eigenvalue weighted by atomic mass is 16.2. The Bertz CT molecular complexity index is 785. The van der Waals surface area contributed by atoms with Crippen LogP contribution in [0.4, 0.5) is 0 Å². The highest BCUT2D eigenvalue weighted by Crippen LogP contribution is 2.19. The molecule has 0 radical (unpaired) electrons. The van der Waals surface area contributed by atoms with E-state index in [9.17, 15) is 9.59 Å². The van der Waals surface area contributed by atoms with Crippen molar-refractivity contribution in [1.29, 1.82) is 0 Å². The Kier molecular flexibility index (Phi) is 3.90. The number of aromatic nitrogens is 2. The Balaban J connectivity index is 2.94. The van der Waals surface area contributed by atoms with E-state index in [1.807, 2.05) is 71.9 Å². The van der Waals surface area contributed by atoms with Crippen molar-refractivity contribution in [3.05, 3.63) is 57.4 Å². The van der Waals surface area contributed by atoms with Crippen molar-refractivity contribution in [1.82, 2.24) is 9.13 Å². The van der Waals surface area contributed by atoms with Gasteiger partial charge in [-0.05, 0) is 47.1 Å². The van der Waals surface area contributed by atoms with Crippen molar-refractivity contribution in [2.75, 3.05) is 0 Å². The smallest absolute Gasteiger partial charge is 0.295 e. The van der Waals surface area contributed by atoms with Gasteiger partial charge < -0.3 is 0 Å². The van der Waals surface area contributed by atoms with Crippen molar-refractivity contribution in [3.8, 4) is 11.1 Å². The molecule has 1 aromatic carbocycles. The van der Waals surface area contributed by atoms with Gasteiger partial charge >= 0.3 is 5.69 Å². The minimum absolute atomic E-state index is 0.246. The molecule has 0 aliphatic rings. The summed E-state index contributed by atoms with van der Waals surface area (Å²) < 4.78 is 2.99. The van der Waals surface area contributed by atoms with Gasteiger partial charge in [0, 0.05) is 17.3 Å². The lowest BCUT2D eigenvalue weighted by molar-refractivity contribution is 0.312. The summed E-state index contributed by atoms with van der Waals surface area (Å²) in [7, 11) is 0. The summed E-state index contributed by atoms with van der Waals surface area (Å²) in [5.41, 5.74) is -0.129. The molecule has 0 amide bonds. The van der Waals surface area contributed by atoms with Crippen LogP contribution in [-0.4, -0.2) is 9.13 Å². The number of hydrogen-bond acceptors (Lipinski definition) is 2. The maximum Gasteiger partial charge on any atom is 0.331 e. The molecule has 4 heteroatoms. The van der Waals surface area contributed by atoms with E-state index < -0.39 is 11.1 Å². The largest absolute Gasteiger partial charge is 0.331 e. The van der Waals surface area contributed by atoms with Gasteiger partial charge in [-0.1, -0.05) is 30.3 Å². The molecule has 0 atom stereocenters. The highest BCUT2D eigenvalue weighted by molar-refractivity contribution is 5.61. The van der Waals surface area contributed by atoms with Gasteiger partial charge in [-0.15, -0.1) is 0 Å². The fraction of sp³-hybridized carbons (Fsp3) is 0.444. The van der Waals surface area contributed by atoms with E-state index in [1.165, 1.54) is 4.57 Å². The second-order valence-electron chi connectivity index (χ2n) is 7.54. The second kappa shape index (κ2) is 5.27. The Morgan fingerprint density at radius 2 is 1.36 bits per heavy atom. The van der Waals surface area contributed by atoms with Crippen LogP contribution in [0.15, 0.2) is 46.1 Å². The van der Waals surface area contributed by atoms with E-state index in [0.717, 1.165) is 5.56 Å². The lowest BCUT2D eigenvalue weighted by Gasteiger charge is -2.28. The van der Waals surface area contributed by atoms with Gasteiger partial charge in [0.2, 0.25) is 0 Å². The third kappa shape index (κ3) is 2.91. The van der Waals surface area contributed by atoms with Crippen molar-refractivity contribution in [2.45, 2.75) is 52.6 Å². The van der Waals surface area contributed by atoms with Gasteiger partial charge in [0.15, 0.2) is 0 Å².